The number of amides is 1. The molecule has 1 amide bonds. The largest absolute Gasteiger partial charge is 0.497 e. The molecule has 22 heavy (non-hydrogen) atoms. The number of aromatic nitrogens is 2. The van der Waals surface area contributed by atoms with E-state index in [2.05, 4.69) is 15.5 Å². The standard InChI is InChI=1S/C16H21N3O3/c1-10-14(11(2)19-18-10)8-16(20)17-9-12-7-13(21-3)5-6-15(12)22-4/h5-7H,8-9H2,1-4H3,(H,17,20)(H,18,19). The molecule has 0 bridgehead atoms. The first-order valence-electron chi connectivity index (χ1n) is 7.03. The van der Waals surface area contributed by atoms with Gasteiger partial charge in [-0.3, -0.25) is 9.89 Å². The number of H-pyrrole nitrogens is 1. The monoisotopic (exact) mass is 303 g/mol. The van der Waals surface area contributed by atoms with E-state index in [9.17, 15) is 4.79 Å². The van der Waals surface area contributed by atoms with Gasteiger partial charge in [0.15, 0.2) is 0 Å². The average molecular weight is 303 g/mol. The summed E-state index contributed by atoms with van der Waals surface area (Å²) in [5, 5.41) is 9.88. The molecule has 6 nitrogen and oxygen atoms in total. The van der Waals surface area contributed by atoms with Crippen molar-refractivity contribution >= 4 is 5.91 Å². The molecule has 1 aromatic carbocycles. The zero-order valence-corrected chi connectivity index (χ0v) is 13.3. The topological polar surface area (TPSA) is 76.2 Å². The maximum absolute atomic E-state index is 12.1. The van der Waals surface area contributed by atoms with Gasteiger partial charge in [-0.05, 0) is 32.0 Å². The SMILES string of the molecule is COc1ccc(OC)c(CNC(=O)Cc2c(C)n[nH]c2C)c1. The van der Waals surface area contributed by atoms with Crippen LogP contribution in [-0.2, 0) is 17.8 Å². The van der Waals surface area contributed by atoms with Crippen LogP contribution in [0.25, 0.3) is 0 Å². The second-order valence-corrected chi connectivity index (χ2v) is 5.04. The Hall–Kier alpha value is -2.50. The molecule has 0 radical (unpaired) electrons. The normalized spacial score (nSPS) is 10.4. The summed E-state index contributed by atoms with van der Waals surface area (Å²) in [4.78, 5) is 12.1. The van der Waals surface area contributed by atoms with E-state index in [1.165, 1.54) is 0 Å². The Labute approximate surface area is 129 Å². The molecule has 0 atom stereocenters. The number of aryl methyl sites for hydroxylation is 2. The lowest BCUT2D eigenvalue weighted by Gasteiger charge is -2.11. The highest BCUT2D eigenvalue weighted by molar-refractivity contribution is 5.79. The Morgan fingerprint density at radius 2 is 2.05 bits per heavy atom. The van der Waals surface area contributed by atoms with Crippen molar-refractivity contribution in [3.63, 3.8) is 0 Å². The third kappa shape index (κ3) is 3.58. The van der Waals surface area contributed by atoms with E-state index >= 15 is 0 Å². The van der Waals surface area contributed by atoms with Crippen molar-refractivity contribution in [2.75, 3.05) is 14.2 Å². The summed E-state index contributed by atoms with van der Waals surface area (Å²) in [7, 11) is 3.21. The molecule has 0 saturated carbocycles. The summed E-state index contributed by atoms with van der Waals surface area (Å²) in [6.07, 6.45) is 0.306. The molecule has 0 aliphatic rings. The lowest BCUT2D eigenvalue weighted by atomic mass is 10.1. The first-order chi connectivity index (χ1) is 10.5. The minimum Gasteiger partial charge on any atom is -0.497 e. The first-order valence-corrected chi connectivity index (χ1v) is 7.03. The molecule has 0 fully saturated rings. The van der Waals surface area contributed by atoms with Gasteiger partial charge >= 0.3 is 0 Å². The second kappa shape index (κ2) is 6.98. The number of hydrogen-bond acceptors (Lipinski definition) is 4. The van der Waals surface area contributed by atoms with E-state index in [-0.39, 0.29) is 5.91 Å². The maximum atomic E-state index is 12.1. The lowest BCUT2D eigenvalue weighted by molar-refractivity contribution is -0.120. The molecule has 2 aromatic rings. The number of hydrogen-bond donors (Lipinski definition) is 2. The van der Waals surface area contributed by atoms with Crippen LogP contribution in [0.15, 0.2) is 18.2 Å². The number of ether oxygens (including phenoxy) is 2. The molecule has 0 aliphatic carbocycles. The van der Waals surface area contributed by atoms with Gasteiger partial charge in [-0.1, -0.05) is 0 Å². The molecular formula is C16H21N3O3. The highest BCUT2D eigenvalue weighted by Gasteiger charge is 2.12. The van der Waals surface area contributed by atoms with Crippen molar-refractivity contribution in [2.24, 2.45) is 0 Å². The van der Waals surface area contributed by atoms with Gasteiger partial charge in [0.05, 0.1) is 26.3 Å². The predicted molar refractivity (Wildman–Crippen MR) is 83.2 cm³/mol. The number of nitrogens with zero attached hydrogens (tertiary/aromatic N) is 1. The summed E-state index contributed by atoms with van der Waals surface area (Å²) in [5.41, 5.74) is 3.59. The van der Waals surface area contributed by atoms with E-state index in [4.69, 9.17) is 9.47 Å². The summed E-state index contributed by atoms with van der Waals surface area (Å²) < 4.78 is 10.5. The van der Waals surface area contributed by atoms with Crippen molar-refractivity contribution < 1.29 is 14.3 Å². The number of carbonyl (C=O) groups is 1. The fraction of sp³-hybridized carbons (Fsp3) is 0.375. The van der Waals surface area contributed by atoms with E-state index in [1.807, 2.05) is 32.0 Å². The summed E-state index contributed by atoms with van der Waals surface area (Å²) >= 11 is 0. The molecule has 118 valence electrons. The van der Waals surface area contributed by atoms with Crippen molar-refractivity contribution in [3.8, 4) is 11.5 Å². The molecule has 6 heteroatoms. The van der Waals surface area contributed by atoms with Crippen molar-refractivity contribution in [1.82, 2.24) is 15.5 Å². The number of nitrogens with one attached hydrogen (secondary N) is 2. The molecule has 0 aliphatic heterocycles. The third-order valence-corrected chi connectivity index (χ3v) is 3.58. The highest BCUT2D eigenvalue weighted by Crippen LogP contribution is 2.23. The average Bonchev–Trinajstić information content (AvgIpc) is 2.84. The van der Waals surface area contributed by atoms with Gasteiger partial charge in [0.25, 0.3) is 0 Å². The minimum atomic E-state index is -0.0579. The second-order valence-electron chi connectivity index (χ2n) is 5.04. The molecule has 0 unspecified atom stereocenters. The molecule has 1 aromatic heterocycles. The molecular weight excluding hydrogens is 282 g/mol. The molecule has 0 spiro atoms. The van der Waals surface area contributed by atoms with Crippen LogP contribution >= 0.6 is 0 Å². The number of carbonyl (C=O) groups excluding carboxylic acids is 1. The fourth-order valence-electron chi connectivity index (χ4n) is 2.27. The van der Waals surface area contributed by atoms with Crippen LogP contribution in [0.3, 0.4) is 0 Å². The molecule has 2 rings (SSSR count). The summed E-state index contributed by atoms with van der Waals surface area (Å²) in [6.45, 7) is 4.18. The van der Waals surface area contributed by atoms with E-state index < -0.39 is 0 Å². The Bertz CT molecular complexity index is 645. The Morgan fingerprint density at radius 3 is 2.64 bits per heavy atom. The quantitative estimate of drug-likeness (QED) is 0.854. The van der Waals surface area contributed by atoms with Crippen LogP contribution in [-0.4, -0.2) is 30.3 Å². The van der Waals surface area contributed by atoms with Crippen molar-refractivity contribution in [3.05, 3.63) is 40.7 Å². The number of rotatable bonds is 6. The fourth-order valence-corrected chi connectivity index (χ4v) is 2.27. The van der Waals surface area contributed by atoms with Gasteiger partial charge in [0, 0.05) is 23.4 Å². The van der Waals surface area contributed by atoms with E-state index in [0.29, 0.717) is 13.0 Å². The zero-order chi connectivity index (χ0) is 16.1. The molecule has 0 saturated heterocycles. The van der Waals surface area contributed by atoms with Crippen LogP contribution in [0.1, 0.15) is 22.5 Å². The van der Waals surface area contributed by atoms with Gasteiger partial charge < -0.3 is 14.8 Å². The molecule has 2 N–H and O–H groups in total. The van der Waals surface area contributed by atoms with Crippen LogP contribution in [0.4, 0.5) is 0 Å². The van der Waals surface area contributed by atoms with Gasteiger partial charge in [-0.2, -0.15) is 5.10 Å². The van der Waals surface area contributed by atoms with Crippen LogP contribution in [0.2, 0.25) is 0 Å². The number of benzene rings is 1. The maximum Gasteiger partial charge on any atom is 0.224 e. The van der Waals surface area contributed by atoms with Crippen molar-refractivity contribution in [2.45, 2.75) is 26.8 Å². The summed E-state index contributed by atoms with van der Waals surface area (Å²) in [5.74, 6) is 1.39. The first kappa shape index (κ1) is 15.9. The van der Waals surface area contributed by atoms with Gasteiger partial charge in [-0.25, -0.2) is 0 Å². The number of aromatic amines is 1. The summed E-state index contributed by atoms with van der Waals surface area (Å²) in [6, 6.07) is 5.50. The molecule has 1 heterocycles. The highest BCUT2D eigenvalue weighted by atomic mass is 16.5. The predicted octanol–water partition coefficient (Wildman–Crippen LogP) is 1.90. The van der Waals surface area contributed by atoms with E-state index in [0.717, 1.165) is 34.0 Å². The van der Waals surface area contributed by atoms with Gasteiger partial charge in [0.1, 0.15) is 11.5 Å². The van der Waals surface area contributed by atoms with Gasteiger partial charge in [-0.15, -0.1) is 0 Å². The number of methoxy groups -OCH3 is 2. The lowest BCUT2D eigenvalue weighted by Crippen LogP contribution is -2.25. The van der Waals surface area contributed by atoms with E-state index in [1.54, 1.807) is 14.2 Å². The minimum absolute atomic E-state index is 0.0579. The smallest absolute Gasteiger partial charge is 0.224 e. The van der Waals surface area contributed by atoms with Crippen LogP contribution in [0.5, 0.6) is 11.5 Å². The Morgan fingerprint density at radius 1 is 1.27 bits per heavy atom. The van der Waals surface area contributed by atoms with Gasteiger partial charge in [0.2, 0.25) is 5.91 Å². The van der Waals surface area contributed by atoms with Crippen LogP contribution in [0, 0.1) is 13.8 Å². The van der Waals surface area contributed by atoms with Crippen LogP contribution < -0.4 is 14.8 Å². The van der Waals surface area contributed by atoms with Crippen molar-refractivity contribution in [1.29, 1.82) is 0 Å². The zero-order valence-electron chi connectivity index (χ0n) is 13.3. The third-order valence-electron chi connectivity index (χ3n) is 3.58. The Kier molecular flexibility index (Phi) is 5.04. The Balaban J connectivity index is 2.02.